The van der Waals surface area contributed by atoms with Crippen LogP contribution in [-0.4, -0.2) is 97.9 Å². The van der Waals surface area contributed by atoms with E-state index in [-0.39, 0.29) is 83.2 Å². The summed E-state index contributed by atoms with van der Waals surface area (Å²) in [5.41, 5.74) is 0. The summed E-state index contributed by atoms with van der Waals surface area (Å²) in [5, 5.41) is 0. The van der Waals surface area contributed by atoms with Crippen LogP contribution in [0.3, 0.4) is 0 Å². The number of hydrogen-bond acceptors (Lipinski definition) is 1. The largest absolute Gasteiger partial charge is 0.466 e. The van der Waals surface area contributed by atoms with Crippen LogP contribution in [0.2, 0.25) is 0 Å². The van der Waals surface area contributed by atoms with Gasteiger partial charge >= 0.3 is 7.82 Å². The van der Waals surface area contributed by atoms with Gasteiger partial charge in [-0.05, 0) is 0 Å². The molecule has 0 fully saturated rings. The molecule has 0 unspecified atom stereocenters. The predicted molar refractivity (Wildman–Crippen MR) is 25.8 cm³/mol. The van der Waals surface area contributed by atoms with Gasteiger partial charge in [0.15, 0.2) is 0 Å². The molecule has 0 amide bonds. The maximum atomic E-state index is 8.88. The minimum absolute atomic E-state index is 0. The van der Waals surface area contributed by atoms with Gasteiger partial charge in [0.05, 0.1) is 0 Å². The topological polar surface area (TPSA) is 77.8 Å². The molecule has 0 atom stereocenters. The number of phosphoric acid groups is 1. The molecule has 0 saturated heterocycles. The molecule has 7 heteroatoms. The summed E-state index contributed by atoms with van der Waals surface area (Å²) in [6, 6.07) is 0. The van der Waals surface area contributed by atoms with Gasteiger partial charge < -0.3 is 14.7 Å². The zero-order valence-corrected chi connectivity index (χ0v) is 10.2. The fraction of sp³-hybridized carbons (Fsp3) is 0. The molecule has 0 aliphatic heterocycles. The van der Waals surface area contributed by atoms with Crippen LogP contribution in [0, 0.1) is 0 Å². The molecule has 0 aliphatic carbocycles. The van der Waals surface area contributed by atoms with Crippen LogP contribution < -0.4 is 0 Å². The van der Waals surface area contributed by atoms with Crippen LogP contribution in [0.1, 0.15) is 0 Å². The van der Waals surface area contributed by atoms with E-state index in [1.807, 2.05) is 0 Å². The van der Waals surface area contributed by atoms with Gasteiger partial charge in [0, 0.05) is 83.2 Å². The number of hydrogen-bond donors (Lipinski definition) is 3. The fourth-order valence-electron chi connectivity index (χ4n) is 0. The molecule has 0 aromatic rings. The van der Waals surface area contributed by atoms with E-state index in [0.717, 1.165) is 0 Å². The van der Waals surface area contributed by atoms with E-state index in [2.05, 4.69) is 0 Å². The molecule has 0 saturated carbocycles. The van der Waals surface area contributed by atoms with Crippen molar-refractivity contribution < 1.29 is 19.2 Å². The summed E-state index contributed by atoms with van der Waals surface area (Å²) >= 11 is 0. The molecule has 7 heavy (non-hydrogen) atoms. The van der Waals surface area contributed by atoms with E-state index in [1.54, 1.807) is 0 Å². The van der Waals surface area contributed by atoms with Crippen molar-refractivity contribution in [3.63, 3.8) is 0 Å². The molecule has 36 valence electrons. The third-order valence-corrected chi connectivity index (χ3v) is 0. The van der Waals surface area contributed by atoms with Crippen molar-refractivity contribution in [1.82, 2.24) is 0 Å². The Bertz CT molecular complexity index is 57.8. The Balaban J connectivity index is -0.0000000800. The fourth-order valence-corrected chi connectivity index (χ4v) is 0. The summed E-state index contributed by atoms with van der Waals surface area (Å²) in [5.74, 6) is 0. The molecule has 0 spiro atoms. The third-order valence-electron chi connectivity index (χ3n) is 0. The Morgan fingerprint density at radius 3 is 1.14 bits per heavy atom. The van der Waals surface area contributed by atoms with E-state index < -0.39 is 7.82 Å². The molecule has 0 aromatic heterocycles. The molecule has 0 heterocycles. The zero-order valence-electron chi connectivity index (χ0n) is 3.61. The van der Waals surface area contributed by atoms with E-state index in [4.69, 9.17) is 19.2 Å². The van der Waals surface area contributed by atoms with Crippen molar-refractivity contribution in [2.75, 3.05) is 0 Å². The van der Waals surface area contributed by atoms with Gasteiger partial charge in [-0.25, -0.2) is 4.57 Å². The van der Waals surface area contributed by atoms with E-state index in [0.29, 0.717) is 0 Å². The minimum atomic E-state index is -4.64. The normalized spacial score (nSPS) is 8.43. The van der Waals surface area contributed by atoms with Crippen LogP contribution >= 0.6 is 7.82 Å². The van der Waals surface area contributed by atoms with E-state index in [9.17, 15) is 0 Å². The van der Waals surface area contributed by atoms with Gasteiger partial charge in [-0.1, -0.05) is 0 Å². The molecule has 0 rings (SSSR count). The summed E-state index contributed by atoms with van der Waals surface area (Å²) in [6.45, 7) is 0. The van der Waals surface area contributed by atoms with Gasteiger partial charge in [0.25, 0.3) is 0 Å². The summed E-state index contributed by atoms with van der Waals surface area (Å²) in [7, 11) is -4.64. The Hall–Kier alpha value is 2.85. The van der Waals surface area contributed by atoms with E-state index >= 15 is 0 Å². The average molecular weight is 226 g/mol. The molecule has 4 radical (unpaired) electrons. The van der Waals surface area contributed by atoms with Crippen molar-refractivity contribution in [1.29, 1.82) is 0 Å². The summed E-state index contributed by atoms with van der Waals surface area (Å²) in [4.78, 5) is 21.6. The van der Waals surface area contributed by atoms with Crippen molar-refractivity contribution in [3.8, 4) is 0 Å². The number of rotatable bonds is 0. The molecule has 4 nitrogen and oxygen atoms in total. The van der Waals surface area contributed by atoms with Crippen LogP contribution in [-0.2, 0) is 4.57 Å². The second-order valence-electron chi connectivity index (χ2n) is 0.513. The van der Waals surface area contributed by atoms with Crippen molar-refractivity contribution in [2.45, 2.75) is 0 Å². The predicted octanol–water partition coefficient (Wildman–Crippen LogP) is -1.69. The summed E-state index contributed by atoms with van der Waals surface area (Å²) < 4.78 is 8.88. The van der Waals surface area contributed by atoms with E-state index in [1.165, 1.54) is 0 Å². The average Bonchev–Trinajstić information content (AvgIpc) is 0.722. The molecule has 0 bridgehead atoms. The maximum absolute atomic E-state index is 8.88. The first-order valence-electron chi connectivity index (χ1n) is 0.783. The SMILES string of the molecule is O=P(O)(O)O.[Ca].[Sr]. The molecular weight excluding hydrogens is 223 g/mol. The summed E-state index contributed by atoms with van der Waals surface area (Å²) in [6.07, 6.45) is 0. The quantitative estimate of drug-likeness (QED) is 0.340. The molecular formula is H3CaO4PSr. The van der Waals surface area contributed by atoms with Crippen molar-refractivity contribution in [2.24, 2.45) is 0 Å². The van der Waals surface area contributed by atoms with Crippen molar-refractivity contribution >= 4 is 91.0 Å². The Labute approximate surface area is 108 Å². The van der Waals surface area contributed by atoms with Gasteiger partial charge in [-0.2, -0.15) is 0 Å². The van der Waals surface area contributed by atoms with Crippen LogP contribution in [0.25, 0.3) is 0 Å². The monoisotopic (exact) mass is 226 g/mol. The Kier molecular flexibility index (Phi) is 16.4. The van der Waals surface area contributed by atoms with Crippen molar-refractivity contribution in [3.05, 3.63) is 0 Å². The van der Waals surface area contributed by atoms with Gasteiger partial charge in [0.1, 0.15) is 0 Å². The molecule has 0 aliphatic rings. The first kappa shape index (κ1) is 16.4. The Morgan fingerprint density at radius 1 is 1.14 bits per heavy atom. The van der Waals surface area contributed by atoms with Crippen LogP contribution in [0.5, 0.6) is 0 Å². The zero-order chi connectivity index (χ0) is 4.50. The third kappa shape index (κ3) is 51.1. The Morgan fingerprint density at radius 2 is 1.14 bits per heavy atom. The van der Waals surface area contributed by atoms with Gasteiger partial charge in [0.2, 0.25) is 0 Å². The second-order valence-corrected chi connectivity index (χ2v) is 1.54. The first-order valence-corrected chi connectivity index (χ1v) is 2.35. The van der Waals surface area contributed by atoms with Gasteiger partial charge in [-0.3, -0.25) is 0 Å². The van der Waals surface area contributed by atoms with Crippen LogP contribution in [0.15, 0.2) is 0 Å². The second kappa shape index (κ2) is 6.96. The first-order chi connectivity index (χ1) is 2.00. The van der Waals surface area contributed by atoms with Gasteiger partial charge in [-0.15, -0.1) is 0 Å². The molecule has 3 N–H and O–H groups in total. The smallest absolute Gasteiger partial charge is 0.303 e. The standard InChI is InChI=1S/Ca.H3O4P.Sr/c;1-5(2,3)4;/h;(H3,1,2,3,4);. The maximum Gasteiger partial charge on any atom is 0.466 e. The molecule has 0 aromatic carbocycles. The minimum Gasteiger partial charge on any atom is -0.303 e. The van der Waals surface area contributed by atoms with Crippen LogP contribution in [0.4, 0.5) is 0 Å².